The molecule has 0 radical (unpaired) electrons. The summed E-state index contributed by atoms with van der Waals surface area (Å²) in [5.74, 6) is -0.430. The van der Waals surface area contributed by atoms with E-state index in [-0.39, 0.29) is 5.57 Å². The highest BCUT2D eigenvalue weighted by Gasteiger charge is 2.17. The summed E-state index contributed by atoms with van der Waals surface area (Å²) in [5.41, 5.74) is 0.968. The van der Waals surface area contributed by atoms with E-state index in [1.165, 1.54) is 6.92 Å². The Balaban J connectivity index is 2.97. The van der Waals surface area contributed by atoms with Crippen LogP contribution < -0.4 is 0 Å². The Kier molecular flexibility index (Phi) is 3.64. The maximum atomic E-state index is 10.9. The molecule has 0 amide bonds. The van der Waals surface area contributed by atoms with Crippen LogP contribution in [0.25, 0.3) is 0 Å². The Bertz CT molecular complexity index is 403. The molecule has 0 aliphatic rings. The minimum absolute atomic E-state index is 0.219. The van der Waals surface area contributed by atoms with Crippen LogP contribution in [0.2, 0.25) is 0 Å². The summed E-state index contributed by atoms with van der Waals surface area (Å²) >= 11 is 0. The highest BCUT2D eigenvalue weighted by molar-refractivity contribution is 5.67. The standard InChI is InChI=1S/C12H11NO2/c1-9(8-13)12(15-10(2)14)11-6-4-3-5-7-11/h3-7,12H,1H2,2H3/t12-/m0/s1. The van der Waals surface area contributed by atoms with Crippen molar-refractivity contribution in [2.24, 2.45) is 0 Å². The third kappa shape index (κ3) is 2.96. The molecular weight excluding hydrogens is 190 g/mol. The van der Waals surface area contributed by atoms with Gasteiger partial charge in [-0.15, -0.1) is 0 Å². The van der Waals surface area contributed by atoms with Crippen LogP contribution in [0.4, 0.5) is 0 Å². The number of hydrogen-bond acceptors (Lipinski definition) is 3. The lowest BCUT2D eigenvalue weighted by Crippen LogP contribution is -2.09. The average molecular weight is 201 g/mol. The maximum Gasteiger partial charge on any atom is 0.303 e. The van der Waals surface area contributed by atoms with Gasteiger partial charge in [0.2, 0.25) is 0 Å². The zero-order chi connectivity index (χ0) is 11.3. The number of carbonyl (C=O) groups is 1. The van der Waals surface area contributed by atoms with E-state index in [4.69, 9.17) is 10.00 Å². The molecule has 0 saturated heterocycles. The van der Waals surface area contributed by atoms with Crippen molar-refractivity contribution in [1.82, 2.24) is 0 Å². The summed E-state index contributed by atoms with van der Waals surface area (Å²) < 4.78 is 5.03. The van der Waals surface area contributed by atoms with Crippen molar-refractivity contribution in [3.8, 4) is 6.07 Å². The molecular formula is C12H11NO2. The van der Waals surface area contributed by atoms with Gasteiger partial charge in [-0.25, -0.2) is 0 Å². The van der Waals surface area contributed by atoms with Crippen LogP contribution in [0, 0.1) is 11.3 Å². The van der Waals surface area contributed by atoms with Crippen molar-refractivity contribution in [1.29, 1.82) is 5.26 Å². The van der Waals surface area contributed by atoms with Gasteiger partial charge in [0, 0.05) is 6.92 Å². The van der Waals surface area contributed by atoms with Crippen molar-refractivity contribution in [2.45, 2.75) is 13.0 Å². The molecule has 1 atom stereocenters. The van der Waals surface area contributed by atoms with E-state index in [1.807, 2.05) is 24.3 Å². The number of esters is 1. The molecule has 0 aliphatic heterocycles. The molecule has 0 unspecified atom stereocenters. The third-order valence-corrected chi connectivity index (χ3v) is 1.85. The topological polar surface area (TPSA) is 50.1 Å². The Morgan fingerprint density at radius 2 is 2.07 bits per heavy atom. The van der Waals surface area contributed by atoms with E-state index in [1.54, 1.807) is 12.1 Å². The first kappa shape index (κ1) is 11.0. The summed E-state index contributed by atoms with van der Waals surface area (Å²) in [6.07, 6.45) is -0.673. The normalized spacial score (nSPS) is 11.2. The van der Waals surface area contributed by atoms with Gasteiger partial charge in [0.05, 0.1) is 11.6 Å². The molecule has 0 aliphatic carbocycles. The molecule has 0 heterocycles. The van der Waals surface area contributed by atoms with Crippen LogP contribution >= 0.6 is 0 Å². The average Bonchev–Trinajstić information content (AvgIpc) is 2.26. The predicted octanol–water partition coefficient (Wildman–Crippen LogP) is 2.37. The zero-order valence-electron chi connectivity index (χ0n) is 8.43. The van der Waals surface area contributed by atoms with Crippen molar-refractivity contribution in [3.63, 3.8) is 0 Å². The fraction of sp³-hybridized carbons (Fsp3) is 0.167. The molecule has 0 bridgehead atoms. The molecule has 0 aromatic heterocycles. The molecule has 3 nitrogen and oxygen atoms in total. The monoisotopic (exact) mass is 201 g/mol. The first-order chi connectivity index (χ1) is 7.15. The molecule has 76 valence electrons. The number of ether oxygens (including phenoxy) is 1. The number of nitriles is 1. The van der Waals surface area contributed by atoms with Crippen molar-refractivity contribution in [3.05, 3.63) is 48.0 Å². The van der Waals surface area contributed by atoms with E-state index < -0.39 is 12.1 Å². The number of rotatable bonds is 3. The van der Waals surface area contributed by atoms with Crippen LogP contribution in [0.5, 0.6) is 0 Å². The van der Waals surface area contributed by atoms with Crippen molar-refractivity contribution >= 4 is 5.97 Å². The van der Waals surface area contributed by atoms with Crippen LogP contribution in [-0.4, -0.2) is 5.97 Å². The lowest BCUT2D eigenvalue weighted by atomic mass is 10.0. The third-order valence-electron chi connectivity index (χ3n) is 1.85. The summed E-state index contributed by atoms with van der Waals surface area (Å²) in [7, 11) is 0. The van der Waals surface area contributed by atoms with Gasteiger partial charge >= 0.3 is 5.97 Å². The minimum atomic E-state index is -0.673. The number of carbonyl (C=O) groups excluding carboxylic acids is 1. The van der Waals surface area contributed by atoms with Crippen LogP contribution in [-0.2, 0) is 9.53 Å². The SMILES string of the molecule is C=C(C#N)[C@H](OC(C)=O)c1ccccc1. The highest BCUT2D eigenvalue weighted by atomic mass is 16.5. The van der Waals surface area contributed by atoms with Gasteiger partial charge in [-0.05, 0) is 5.56 Å². The smallest absolute Gasteiger partial charge is 0.303 e. The van der Waals surface area contributed by atoms with Gasteiger partial charge in [-0.3, -0.25) is 4.79 Å². The Labute approximate surface area is 88.6 Å². The summed E-state index contributed by atoms with van der Waals surface area (Å²) in [6, 6.07) is 11.0. The lowest BCUT2D eigenvalue weighted by molar-refractivity contribution is -0.144. The fourth-order valence-corrected chi connectivity index (χ4v) is 1.19. The molecule has 15 heavy (non-hydrogen) atoms. The Morgan fingerprint density at radius 1 is 1.47 bits per heavy atom. The van der Waals surface area contributed by atoms with Gasteiger partial charge in [0.25, 0.3) is 0 Å². The number of hydrogen-bond donors (Lipinski definition) is 0. The van der Waals surface area contributed by atoms with Gasteiger partial charge in [-0.2, -0.15) is 5.26 Å². The van der Waals surface area contributed by atoms with Gasteiger partial charge in [0.1, 0.15) is 0 Å². The van der Waals surface area contributed by atoms with E-state index in [0.717, 1.165) is 5.56 Å². The number of nitrogens with zero attached hydrogens (tertiary/aromatic N) is 1. The molecule has 3 heteroatoms. The van der Waals surface area contributed by atoms with E-state index in [0.29, 0.717) is 0 Å². The molecule has 1 aromatic carbocycles. The quantitative estimate of drug-likeness (QED) is 0.557. The molecule has 0 spiro atoms. The van der Waals surface area contributed by atoms with Crippen molar-refractivity contribution < 1.29 is 9.53 Å². The lowest BCUT2D eigenvalue weighted by Gasteiger charge is -2.15. The first-order valence-corrected chi connectivity index (χ1v) is 4.46. The van der Waals surface area contributed by atoms with Gasteiger partial charge in [-0.1, -0.05) is 36.9 Å². The predicted molar refractivity (Wildman–Crippen MR) is 55.7 cm³/mol. The molecule has 0 saturated carbocycles. The maximum absolute atomic E-state index is 10.9. The molecule has 0 N–H and O–H groups in total. The summed E-state index contributed by atoms with van der Waals surface area (Å²) in [4.78, 5) is 10.9. The van der Waals surface area contributed by atoms with E-state index >= 15 is 0 Å². The van der Waals surface area contributed by atoms with E-state index in [2.05, 4.69) is 6.58 Å². The Hall–Kier alpha value is -2.08. The second-order valence-electron chi connectivity index (χ2n) is 3.04. The zero-order valence-corrected chi connectivity index (χ0v) is 8.43. The summed E-state index contributed by atoms with van der Waals surface area (Å²) in [6.45, 7) is 4.87. The van der Waals surface area contributed by atoms with Crippen LogP contribution in [0.3, 0.4) is 0 Å². The number of benzene rings is 1. The first-order valence-electron chi connectivity index (χ1n) is 4.46. The Morgan fingerprint density at radius 3 is 2.53 bits per heavy atom. The second-order valence-corrected chi connectivity index (χ2v) is 3.04. The van der Waals surface area contributed by atoms with Crippen LogP contribution in [0.15, 0.2) is 42.5 Å². The van der Waals surface area contributed by atoms with E-state index in [9.17, 15) is 4.79 Å². The highest BCUT2D eigenvalue weighted by Crippen LogP contribution is 2.23. The fourth-order valence-electron chi connectivity index (χ4n) is 1.19. The molecule has 1 aromatic rings. The molecule has 0 fully saturated rings. The van der Waals surface area contributed by atoms with Gasteiger partial charge in [0.15, 0.2) is 6.10 Å². The van der Waals surface area contributed by atoms with Crippen molar-refractivity contribution in [2.75, 3.05) is 0 Å². The van der Waals surface area contributed by atoms with Crippen LogP contribution in [0.1, 0.15) is 18.6 Å². The second kappa shape index (κ2) is 4.97. The van der Waals surface area contributed by atoms with Gasteiger partial charge < -0.3 is 4.74 Å². The minimum Gasteiger partial charge on any atom is -0.452 e. The molecule has 1 rings (SSSR count). The largest absolute Gasteiger partial charge is 0.452 e. The summed E-state index contributed by atoms with van der Waals surface area (Å²) in [5, 5.41) is 8.74.